The van der Waals surface area contributed by atoms with Crippen molar-refractivity contribution < 1.29 is 0 Å². The zero-order chi connectivity index (χ0) is 20.5. The summed E-state index contributed by atoms with van der Waals surface area (Å²) in [6, 6.07) is 17.0. The lowest BCUT2D eigenvalue weighted by molar-refractivity contribution is 0.655. The Balaban J connectivity index is 1.75. The lowest BCUT2D eigenvalue weighted by Gasteiger charge is -2.09. The lowest BCUT2D eigenvalue weighted by atomic mass is 10.2. The van der Waals surface area contributed by atoms with Gasteiger partial charge in [-0.2, -0.15) is 4.98 Å². The molecule has 4 aromatic rings. The van der Waals surface area contributed by atoms with Crippen LogP contribution in [0.4, 0.5) is 5.95 Å². The SMILES string of the molecule is Cn1c(NCc2ccccc2)nc2c1c(=O)n(Cc1ccc(Cl)cc1)c(=O)n2C. The summed E-state index contributed by atoms with van der Waals surface area (Å²) in [5.41, 5.74) is 1.85. The van der Waals surface area contributed by atoms with E-state index < -0.39 is 5.69 Å². The van der Waals surface area contributed by atoms with E-state index >= 15 is 0 Å². The molecule has 0 saturated carbocycles. The van der Waals surface area contributed by atoms with Crippen LogP contribution in [-0.4, -0.2) is 18.7 Å². The molecule has 2 aromatic carbocycles. The summed E-state index contributed by atoms with van der Waals surface area (Å²) in [4.78, 5) is 30.4. The minimum absolute atomic E-state index is 0.163. The van der Waals surface area contributed by atoms with Gasteiger partial charge in [-0.15, -0.1) is 0 Å². The highest BCUT2D eigenvalue weighted by molar-refractivity contribution is 6.30. The number of aromatic nitrogens is 4. The second-order valence-corrected chi connectivity index (χ2v) is 7.30. The molecule has 0 fully saturated rings. The van der Waals surface area contributed by atoms with Crippen LogP contribution in [0.15, 0.2) is 64.2 Å². The molecule has 0 bridgehead atoms. The fraction of sp³-hybridized carbons (Fsp3) is 0.190. The summed E-state index contributed by atoms with van der Waals surface area (Å²) in [6.45, 7) is 0.724. The largest absolute Gasteiger partial charge is 0.352 e. The average Bonchev–Trinajstić information content (AvgIpc) is 3.07. The molecule has 0 aliphatic rings. The van der Waals surface area contributed by atoms with Crippen LogP contribution < -0.4 is 16.6 Å². The van der Waals surface area contributed by atoms with Gasteiger partial charge >= 0.3 is 5.69 Å². The Morgan fingerprint density at radius 3 is 2.31 bits per heavy atom. The van der Waals surface area contributed by atoms with E-state index in [2.05, 4.69) is 10.3 Å². The van der Waals surface area contributed by atoms with Crippen molar-refractivity contribution in [3.63, 3.8) is 0 Å². The van der Waals surface area contributed by atoms with Gasteiger partial charge in [0.1, 0.15) is 0 Å². The molecule has 0 radical (unpaired) electrons. The second-order valence-electron chi connectivity index (χ2n) is 6.87. The highest BCUT2D eigenvalue weighted by atomic mass is 35.5. The lowest BCUT2D eigenvalue weighted by Crippen LogP contribution is -2.39. The van der Waals surface area contributed by atoms with E-state index in [-0.39, 0.29) is 12.1 Å². The third-order valence-electron chi connectivity index (χ3n) is 4.91. The molecule has 29 heavy (non-hydrogen) atoms. The minimum Gasteiger partial charge on any atom is -0.352 e. The van der Waals surface area contributed by atoms with E-state index in [9.17, 15) is 9.59 Å². The standard InChI is InChI=1S/C21H20ClN5O2/c1-25-17-18(24-20(25)23-12-14-6-4-3-5-7-14)26(2)21(29)27(19(17)28)13-15-8-10-16(22)11-9-15/h3-11H,12-13H2,1-2H3,(H,23,24). The van der Waals surface area contributed by atoms with E-state index in [0.717, 1.165) is 11.1 Å². The second kappa shape index (κ2) is 7.60. The summed E-state index contributed by atoms with van der Waals surface area (Å²) in [7, 11) is 3.39. The van der Waals surface area contributed by atoms with E-state index in [0.29, 0.717) is 28.7 Å². The third-order valence-corrected chi connectivity index (χ3v) is 5.16. The van der Waals surface area contributed by atoms with Crippen LogP contribution in [-0.2, 0) is 27.2 Å². The van der Waals surface area contributed by atoms with E-state index in [1.807, 2.05) is 30.3 Å². The summed E-state index contributed by atoms with van der Waals surface area (Å²) in [5.74, 6) is 0.528. The van der Waals surface area contributed by atoms with Crippen molar-refractivity contribution in [3.8, 4) is 0 Å². The van der Waals surface area contributed by atoms with Crippen LogP contribution in [0.1, 0.15) is 11.1 Å². The number of rotatable bonds is 5. The Morgan fingerprint density at radius 1 is 0.931 bits per heavy atom. The number of hydrogen-bond acceptors (Lipinski definition) is 4. The molecule has 0 spiro atoms. The third kappa shape index (κ3) is 3.56. The Bertz CT molecular complexity index is 1290. The summed E-state index contributed by atoms with van der Waals surface area (Å²) in [5, 5.41) is 3.84. The monoisotopic (exact) mass is 409 g/mol. The summed E-state index contributed by atoms with van der Waals surface area (Å²) in [6.07, 6.45) is 0. The maximum Gasteiger partial charge on any atom is 0.332 e. The van der Waals surface area contributed by atoms with Gasteiger partial charge in [-0.05, 0) is 23.3 Å². The van der Waals surface area contributed by atoms with E-state index in [1.165, 1.54) is 9.13 Å². The average molecular weight is 410 g/mol. The first-order valence-electron chi connectivity index (χ1n) is 9.14. The van der Waals surface area contributed by atoms with Crippen molar-refractivity contribution in [2.75, 3.05) is 5.32 Å². The molecule has 0 saturated heterocycles. The number of nitrogens with one attached hydrogen (secondary N) is 1. The van der Waals surface area contributed by atoms with Crippen LogP contribution in [0.3, 0.4) is 0 Å². The van der Waals surface area contributed by atoms with Crippen LogP contribution in [0, 0.1) is 0 Å². The highest BCUT2D eigenvalue weighted by Crippen LogP contribution is 2.15. The Morgan fingerprint density at radius 2 is 1.62 bits per heavy atom. The van der Waals surface area contributed by atoms with Gasteiger partial charge in [-0.1, -0.05) is 54.1 Å². The summed E-state index contributed by atoms with van der Waals surface area (Å²) >= 11 is 5.93. The molecular formula is C21H20ClN5O2. The maximum absolute atomic E-state index is 13.1. The first kappa shape index (κ1) is 19.0. The van der Waals surface area contributed by atoms with Gasteiger partial charge in [0.15, 0.2) is 11.2 Å². The van der Waals surface area contributed by atoms with Gasteiger partial charge < -0.3 is 9.88 Å². The molecule has 4 rings (SSSR count). The number of aryl methyl sites for hydroxylation is 2. The van der Waals surface area contributed by atoms with E-state index in [4.69, 9.17) is 11.6 Å². The van der Waals surface area contributed by atoms with Gasteiger partial charge in [-0.3, -0.25) is 13.9 Å². The molecule has 1 N–H and O–H groups in total. The smallest absolute Gasteiger partial charge is 0.332 e. The topological polar surface area (TPSA) is 73.8 Å². The molecule has 7 nitrogen and oxygen atoms in total. The van der Waals surface area contributed by atoms with Gasteiger partial charge in [0, 0.05) is 25.7 Å². The molecular weight excluding hydrogens is 390 g/mol. The minimum atomic E-state index is -0.412. The predicted molar refractivity (Wildman–Crippen MR) is 115 cm³/mol. The quantitative estimate of drug-likeness (QED) is 0.550. The molecule has 8 heteroatoms. The van der Waals surface area contributed by atoms with Crippen LogP contribution in [0.5, 0.6) is 0 Å². The Labute approximate surface area is 171 Å². The normalized spacial score (nSPS) is 11.1. The zero-order valence-electron chi connectivity index (χ0n) is 16.1. The first-order valence-corrected chi connectivity index (χ1v) is 9.52. The van der Waals surface area contributed by atoms with E-state index in [1.54, 1.807) is 42.9 Å². The van der Waals surface area contributed by atoms with Crippen molar-refractivity contribution >= 4 is 28.7 Å². The molecule has 2 heterocycles. The number of fused-ring (bicyclic) bond motifs is 1. The predicted octanol–water partition coefficient (Wildman–Crippen LogP) is 2.75. The summed E-state index contributed by atoms with van der Waals surface area (Å²) < 4.78 is 4.31. The number of hydrogen-bond donors (Lipinski definition) is 1. The van der Waals surface area contributed by atoms with Crippen molar-refractivity contribution in [3.05, 3.63) is 91.6 Å². The van der Waals surface area contributed by atoms with Gasteiger partial charge in [0.05, 0.1) is 6.54 Å². The maximum atomic E-state index is 13.1. The zero-order valence-corrected chi connectivity index (χ0v) is 16.8. The van der Waals surface area contributed by atoms with Gasteiger partial charge in [0.2, 0.25) is 5.95 Å². The van der Waals surface area contributed by atoms with Crippen molar-refractivity contribution in [1.29, 1.82) is 0 Å². The number of nitrogens with zero attached hydrogens (tertiary/aromatic N) is 4. The van der Waals surface area contributed by atoms with Crippen molar-refractivity contribution in [1.82, 2.24) is 18.7 Å². The molecule has 0 amide bonds. The Hall–Kier alpha value is -3.32. The van der Waals surface area contributed by atoms with Crippen LogP contribution in [0.25, 0.3) is 11.2 Å². The number of benzene rings is 2. The van der Waals surface area contributed by atoms with Crippen LogP contribution in [0.2, 0.25) is 5.02 Å². The molecule has 2 aromatic heterocycles. The number of halogens is 1. The van der Waals surface area contributed by atoms with Gasteiger partial charge in [0.25, 0.3) is 5.56 Å². The Kier molecular flexibility index (Phi) is 4.98. The molecule has 0 aliphatic heterocycles. The fourth-order valence-corrected chi connectivity index (χ4v) is 3.42. The molecule has 148 valence electrons. The molecule has 0 atom stereocenters. The van der Waals surface area contributed by atoms with Crippen molar-refractivity contribution in [2.24, 2.45) is 14.1 Å². The van der Waals surface area contributed by atoms with Gasteiger partial charge in [-0.25, -0.2) is 4.79 Å². The highest BCUT2D eigenvalue weighted by Gasteiger charge is 2.18. The first-order chi connectivity index (χ1) is 14.0. The number of anilines is 1. The fourth-order valence-electron chi connectivity index (χ4n) is 3.29. The van der Waals surface area contributed by atoms with Crippen molar-refractivity contribution in [2.45, 2.75) is 13.1 Å². The number of imidazole rings is 1. The van der Waals surface area contributed by atoms with Crippen LogP contribution >= 0.6 is 11.6 Å². The molecule has 0 unspecified atom stereocenters. The molecule has 0 aliphatic carbocycles.